The summed E-state index contributed by atoms with van der Waals surface area (Å²) in [6.07, 6.45) is -4.38. The van der Waals surface area contributed by atoms with Crippen molar-refractivity contribution in [2.24, 2.45) is 16.5 Å². The van der Waals surface area contributed by atoms with Crippen molar-refractivity contribution in [2.75, 3.05) is 13.6 Å². The van der Waals surface area contributed by atoms with Gasteiger partial charge in [-0.25, -0.2) is 4.98 Å². The van der Waals surface area contributed by atoms with Gasteiger partial charge in [0.05, 0.1) is 17.0 Å². The van der Waals surface area contributed by atoms with Crippen LogP contribution in [0.2, 0.25) is 0 Å². The minimum Gasteiger partial charge on any atom is -0.370 e. The van der Waals surface area contributed by atoms with Gasteiger partial charge >= 0.3 is 6.18 Å². The van der Waals surface area contributed by atoms with Crippen molar-refractivity contribution in [3.63, 3.8) is 0 Å². The molecule has 26 heavy (non-hydrogen) atoms. The minimum absolute atomic E-state index is 0.00964. The summed E-state index contributed by atoms with van der Waals surface area (Å²) < 4.78 is 38.6. The van der Waals surface area contributed by atoms with Gasteiger partial charge in [0.15, 0.2) is 11.8 Å². The van der Waals surface area contributed by atoms with Crippen molar-refractivity contribution in [1.82, 2.24) is 15.6 Å². The molecule has 0 bridgehead atoms. The van der Waals surface area contributed by atoms with Gasteiger partial charge in [-0.1, -0.05) is 18.3 Å². The van der Waals surface area contributed by atoms with E-state index in [0.29, 0.717) is 6.42 Å². The van der Waals surface area contributed by atoms with Crippen LogP contribution >= 0.6 is 11.3 Å². The summed E-state index contributed by atoms with van der Waals surface area (Å²) in [5.41, 5.74) is 10.7. The maximum atomic E-state index is 12.9. The molecule has 1 rings (SSSR count). The number of aromatic nitrogens is 1. The van der Waals surface area contributed by atoms with Crippen LogP contribution in [0.5, 0.6) is 0 Å². The Morgan fingerprint density at radius 3 is 2.62 bits per heavy atom. The number of nitrogens with two attached hydrogens (primary N) is 2. The number of guanidine groups is 1. The molecule has 146 valence electrons. The lowest BCUT2D eigenvalue weighted by Crippen LogP contribution is -2.29. The van der Waals surface area contributed by atoms with Crippen LogP contribution in [0.15, 0.2) is 17.0 Å². The lowest BCUT2D eigenvalue weighted by molar-refractivity contribution is -0.404. The Hall–Kier alpha value is -2.57. The van der Waals surface area contributed by atoms with E-state index in [0.717, 1.165) is 17.5 Å². The van der Waals surface area contributed by atoms with E-state index in [4.69, 9.17) is 11.5 Å². The zero-order chi connectivity index (χ0) is 19.9. The summed E-state index contributed by atoms with van der Waals surface area (Å²) in [6.45, 7) is 1.92. The summed E-state index contributed by atoms with van der Waals surface area (Å²) in [4.78, 5) is 17.8. The summed E-state index contributed by atoms with van der Waals surface area (Å²) >= 11 is 0.764. The van der Waals surface area contributed by atoms with E-state index in [-0.39, 0.29) is 34.0 Å². The Labute approximate surface area is 151 Å². The van der Waals surface area contributed by atoms with E-state index in [9.17, 15) is 23.3 Å². The van der Waals surface area contributed by atoms with E-state index in [2.05, 4.69) is 20.6 Å². The topological polar surface area (TPSA) is 144 Å². The van der Waals surface area contributed by atoms with Crippen molar-refractivity contribution in [2.45, 2.75) is 31.9 Å². The van der Waals surface area contributed by atoms with Crippen LogP contribution in [-0.4, -0.2) is 35.6 Å². The second kappa shape index (κ2) is 9.22. The lowest BCUT2D eigenvalue weighted by atomic mass is 10.0. The molecule has 0 spiro atoms. The number of nitrogens with one attached hydrogen (secondary N) is 2. The first kappa shape index (κ1) is 21.5. The van der Waals surface area contributed by atoms with Crippen molar-refractivity contribution in [1.29, 1.82) is 0 Å². The van der Waals surface area contributed by atoms with Gasteiger partial charge in [-0.15, -0.1) is 0 Å². The average molecular weight is 395 g/mol. The van der Waals surface area contributed by atoms with Crippen LogP contribution in [-0.2, 0) is 6.42 Å². The van der Waals surface area contributed by atoms with E-state index in [1.807, 2.05) is 0 Å². The molecule has 13 heteroatoms. The first-order chi connectivity index (χ1) is 12.1. The number of rotatable bonds is 9. The number of thiazole rings is 1. The Morgan fingerprint density at radius 1 is 1.50 bits per heavy atom. The first-order valence-corrected chi connectivity index (χ1v) is 8.30. The highest BCUT2D eigenvalue weighted by Gasteiger charge is 2.32. The van der Waals surface area contributed by atoms with Crippen molar-refractivity contribution < 1.29 is 18.1 Å². The van der Waals surface area contributed by atoms with Crippen molar-refractivity contribution >= 4 is 22.4 Å². The van der Waals surface area contributed by atoms with E-state index >= 15 is 0 Å². The molecule has 6 N–H and O–H groups in total. The minimum atomic E-state index is -4.41. The molecule has 0 aromatic carbocycles. The molecule has 1 heterocycles. The predicted molar refractivity (Wildman–Crippen MR) is 92.5 cm³/mol. The fourth-order valence-corrected chi connectivity index (χ4v) is 3.18. The maximum Gasteiger partial charge on any atom is 0.393 e. The highest BCUT2D eigenvalue weighted by molar-refractivity contribution is 7.15. The molecule has 0 radical (unpaired) electrons. The van der Waals surface area contributed by atoms with Crippen molar-refractivity contribution in [3.8, 4) is 0 Å². The van der Waals surface area contributed by atoms with Crippen LogP contribution < -0.4 is 22.1 Å². The first-order valence-electron chi connectivity index (χ1n) is 7.48. The average Bonchev–Trinajstić information content (AvgIpc) is 2.85. The number of aliphatic imine (C=N–C) groups is 1. The summed E-state index contributed by atoms with van der Waals surface area (Å²) in [7, 11) is 1.48. The van der Waals surface area contributed by atoms with Gasteiger partial charge in [0, 0.05) is 24.4 Å². The van der Waals surface area contributed by atoms with Gasteiger partial charge in [0.1, 0.15) is 0 Å². The second-order valence-corrected chi connectivity index (χ2v) is 6.26. The van der Waals surface area contributed by atoms with Gasteiger partial charge in [-0.3, -0.25) is 10.1 Å². The molecule has 0 fully saturated rings. The van der Waals surface area contributed by atoms with E-state index < -0.39 is 23.4 Å². The SMILES string of the molecule is CCC(CNC(=C[N+](=O)[O-])NC)c1nc(N=C(N)N)sc1CC(F)(F)F. The number of alkyl halides is 3. The molecular weight excluding hydrogens is 375 g/mol. The molecule has 1 unspecified atom stereocenters. The molecule has 0 amide bonds. The molecule has 0 aliphatic heterocycles. The third-order valence-electron chi connectivity index (χ3n) is 3.22. The summed E-state index contributed by atoms with van der Waals surface area (Å²) in [5.74, 6) is -0.595. The van der Waals surface area contributed by atoms with Crippen LogP contribution in [0.3, 0.4) is 0 Å². The monoisotopic (exact) mass is 395 g/mol. The van der Waals surface area contributed by atoms with Gasteiger partial charge in [0.2, 0.25) is 5.13 Å². The number of halogens is 3. The molecule has 0 saturated carbocycles. The molecule has 9 nitrogen and oxygen atoms in total. The largest absolute Gasteiger partial charge is 0.393 e. The van der Waals surface area contributed by atoms with Crippen molar-refractivity contribution in [3.05, 3.63) is 32.7 Å². The maximum absolute atomic E-state index is 12.9. The Morgan fingerprint density at radius 2 is 2.15 bits per heavy atom. The normalized spacial score (nSPS) is 13.2. The summed E-state index contributed by atoms with van der Waals surface area (Å²) in [5, 5.41) is 16.0. The van der Waals surface area contributed by atoms with Gasteiger partial charge in [-0.2, -0.15) is 18.2 Å². The van der Waals surface area contributed by atoms with Crippen LogP contribution in [0.1, 0.15) is 29.8 Å². The quantitative estimate of drug-likeness (QED) is 0.215. The van der Waals surface area contributed by atoms with E-state index in [1.54, 1.807) is 6.92 Å². The highest BCUT2D eigenvalue weighted by atomic mass is 32.1. The molecular formula is C13H20F3N7O2S. The van der Waals surface area contributed by atoms with Gasteiger partial charge in [-0.05, 0) is 6.42 Å². The molecule has 1 atom stereocenters. The third-order valence-corrected chi connectivity index (χ3v) is 4.19. The number of hydrogen-bond acceptors (Lipinski definition) is 7. The Kier molecular flexibility index (Phi) is 7.61. The van der Waals surface area contributed by atoms with Crippen LogP contribution in [0.4, 0.5) is 18.3 Å². The van der Waals surface area contributed by atoms with Gasteiger partial charge < -0.3 is 22.1 Å². The standard InChI is InChI=1S/C13H20F3N7O2S/c1-3-7(5-20-9(19-2)6-23(24)25)10-8(4-13(14,15)16)26-12(21-10)22-11(17)18/h6-7,19-20H,3-5H2,1-2H3,(H4,17,18,21,22). The lowest BCUT2D eigenvalue weighted by Gasteiger charge is -2.17. The smallest absolute Gasteiger partial charge is 0.370 e. The van der Waals surface area contributed by atoms with Crippen LogP contribution in [0, 0.1) is 10.1 Å². The Bertz CT molecular complexity index is 684. The fourth-order valence-electron chi connectivity index (χ4n) is 2.11. The Balaban J connectivity index is 3.12. The molecule has 0 aliphatic carbocycles. The molecule has 0 saturated heterocycles. The zero-order valence-electron chi connectivity index (χ0n) is 14.1. The molecule has 0 aliphatic rings. The predicted octanol–water partition coefficient (Wildman–Crippen LogP) is 1.53. The second-order valence-electron chi connectivity index (χ2n) is 5.20. The number of hydrogen-bond donors (Lipinski definition) is 4. The van der Waals surface area contributed by atoms with Crippen LogP contribution in [0.25, 0.3) is 0 Å². The van der Waals surface area contributed by atoms with Gasteiger partial charge in [0.25, 0.3) is 6.20 Å². The van der Waals surface area contributed by atoms with E-state index in [1.165, 1.54) is 7.05 Å². The number of nitrogens with zero attached hydrogens (tertiary/aromatic N) is 3. The molecule has 1 aromatic heterocycles. The fraction of sp³-hybridized carbons (Fsp3) is 0.538. The summed E-state index contributed by atoms with van der Waals surface area (Å²) in [6, 6.07) is 0. The number of nitro groups is 1. The highest BCUT2D eigenvalue weighted by Crippen LogP contribution is 2.35. The molecule has 1 aromatic rings. The zero-order valence-corrected chi connectivity index (χ0v) is 14.9. The third kappa shape index (κ3) is 7.13.